The number of hydrogen-bond donors (Lipinski definition) is 0. The fraction of sp³-hybridized carbons (Fsp3) is 0.467. The number of hydrogen-bond acceptors (Lipinski definition) is 6. The smallest absolute Gasteiger partial charge is 0.131 e. The van der Waals surface area contributed by atoms with Crippen molar-refractivity contribution in [1.82, 2.24) is 19.9 Å². The minimum Gasteiger partial charge on any atom is -0.379 e. The molecule has 2 aromatic heterocycles. The lowest BCUT2D eigenvalue weighted by atomic mass is 10.0. The molecule has 0 amide bonds. The minimum absolute atomic E-state index is 0.400. The zero-order valence-electron chi connectivity index (χ0n) is 12.1. The Morgan fingerprint density at radius 2 is 2.24 bits per heavy atom. The summed E-state index contributed by atoms with van der Waals surface area (Å²) in [5.41, 5.74) is 2.07. The highest BCUT2D eigenvalue weighted by Crippen LogP contribution is 2.17. The lowest BCUT2D eigenvalue weighted by Gasteiger charge is -2.24. The molecule has 110 valence electrons. The summed E-state index contributed by atoms with van der Waals surface area (Å²) >= 11 is 0. The zero-order valence-corrected chi connectivity index (χ0v) is 12.1. The number of aromatic nitrogens is 4. The van der Waals surface area contributed by atoms with Crippen molar-refractivity contribution in [1.29, 1.82) is 0 Å². The van der Waals surface area contributed by atoms with Crippen molar-refractivity contribution >= 4 is 5.82 Å². The van der Waals surface area contributed by atoms with Gasteiger partial charge in [0.2, 0.25) is 0 Å². The zero-order chi connectivity index (χ0) is 14.5. The molecule has 0 aliphatic carbocycles. The maximum absolute atomic E-state index is 5.73. The molecule has 21 heavy (non-hydrogen) atoms. The Morgan fingerprint density at radius 3 is 3.05 bits per heavy atom. The fourth-order valence-corrected chi connectivity index (χ4v) is 2.60. The number of aryl methyl sites for hydroxylation is 1. The van der Waals surface area contributed by atoms with Crippen molar-refractivity contribution in [2.75, 3.05) is 31.2 Å². The quantitative estimate of drug-likeness (QED) is 0.846. The van der Waals surface area contributed by atoms with Crippen LogP contribution in [0.2, 0.25) is 0 Å². The average Bonchev–Trinajstić information content (AvgIpc) is 2.74. The van der Waals surface area contributed by atoms with Crippen LogP contribution in [0.25, 0.3) is 0 Å². The molecule has 0 aromatic carbocycles. The second-order valence-electron chi connectivity index (χ2n) is 5.31. The first-order valence-corrected chi connectivity index (χ1v) is 7.17. The number of anilines is 1. The maximum atomic E-state index is 5.73. The monoisotopic (exact) mass is 285 g/mol. The Hall–Kier alpha value is -2.08. The van der Waals surface area contributed by atoms with Gasteiger partial charge in [-0.1, -0.05) is 0 Å². The third-order valence-corrected chi connectivity index (χ3v) is 3.59. The van der Waals surface area contributed by atoms with Crippen LogP contribution in [0.1, 0.15) is 11.4 Å². The van der Waals surface area contributed by atoms with Crippen molar-refractivity contribution in [3.63, 3.8) is 0 Å². The molecule has 0 spiro atoms. The van der Waals surface area contributed by atoms with E-state index in [1.807, 2.05) is 19.1 Å². The summed E-state index contributed by atoms with van der Waals surface area (Å²) in [5.74, 6) is 1.36. The molecule has 3 heterocycles. The van der Waals surface area contributed by atoms with Crippen molar-refractivity contribution < 1.29 is 4.74 Å². The highest BCUT2D eigenvalue weighted by atomic mass is 16.5. The largest absolute Gasteiger partial charge is 0.379 e. The minimum atomic E-state index is 0.400. The van der Waals surface area contributed by atoms with Crippen molar-refractivity contribution in [3.05, 3.63) is 42.4 Å². The Bertz CT molecular complexity index is 577. The highest BCUT2D eigenvalue weighted by Gasteiger charge is 2.20. The van der Waals surface area contributed by atoms with E-state index in [4.69, 9.17) is 4.74 Å². The van der Waals surface area contributed by atoms with Crippen LogP contribution in [-0.2, 0) is 11.2 Å². The molecule has 0 bridgehead atoms. The molecule has 6 heteroatoms. The molecular weight excluding hydrogens is 266 g/mol. The molecule has 1 aliphatic rings. The summed E-state index contributed by atoms with van der Waals surface area (Å²) in [5, 5.41) is 0. The Labute approximate surface area is 124 Å². The summed E-state index contributed by atoms with van der Waals surface area (Å²) in [6, 6.07) is 3.98. The maximum Gasteiger partial charge on any atom is 0.131 e. The Morgan fingerprint density at radius 1 is 1.29 bits per heavy atom. The lowest BCUT2D eigenvalue weighted by molar-refractivity contribution is 0.123. The SMILES string of the molecule is Cc1cc(CC2COCCN(c3ccncn3)C2)ncn1. The van der Waals surface area contributed by atoms with E-state index in [1.54, 1.807) is 18.9 Å². The van der Waals surface area contributed by atoms with E-state index in [0.717, 1.165) is 49.9 Å². The molecule has 1 aliphatic heterocycles. The molecular formula is C15H19N5O. The molecule has 6 nitrogen and oxygen atoms in total. The van der Waals surface area contributed by atoms with Gasteiger partial charge in [-0.2, -0.15) is 0 Å². The normalized spacial score (nSPS) is 19.3. The van der Waals surface area contributed by atoms with Gasteiger partial charge < -0.3 is 9.64 Å². The molecule has 0 saturated carbocycles. The lowest BCUT2D eigenvalue weighted by Crippen LogP contribution is -2.31. The standard InChI is InChI=1S/C15H19N5O/c1-12-6-14(18-11-17-12)7-13-8-20(4-5-21-9-13)15-2-3-16-10-19-15/h2-3,6,10-11,13H,4-5,7-9H2,1H3. The van der Waals surface area contributed by atoms with E-state index in [0.29, 0.717) is 5.92 Å². The molecule has 1 fully saturated rings. The van der Waals surface area contributed by atoms with E-state index < -0.39 is 0 Å². The van der Waals surface area contributed by atoms with Crippen LogP contribution < -0.4 is 4.90 Å². The molecule has 3 rings (SSSR count). The van der Waals surface area contributed by atoms with Gasteiger partial charge in [0.05, 0.1) is 13.2 Å². The highest BCUT2D eigenvalue weighted by molar-refractivity contribution is 5.36. The number of rotatable bonds is 3. The van der Waals surface area contributed by atoms with Gasteiger partial charge in [0.15, 0.2) is 0 Å². The van der Waals surface area contributed by atoms with E-state index in [1.165, 1.54) is 0 Å². The molecule has 2 aromatic rings. The Kier molecular flexibility index (Phi) is 4.35. The molecule has 0 radical (unpaired) electrons. The summed E-state index contributed by atoms with van der Waals surface area (Å²) in [6.07, 6.45) is 5.89. The van der Waals surface area contributed by atoms with Gasteiger partial charge in [-0.05, 0) is 25.5 Å². The van der Waals surface area contributed by atoms with Gasteiger partial charge in [-0.3, -0.25) is 0 Å². The third-order valence-electron chi connectivity index (χ3n) is 3.59. The second-order valence-corrected chi connectivity index (χ2v) is 5.31. The molecule has 0 N–H and O–H groups in total. The first kappa shape index (κ1) is 13.9. The second kappa shape index (κ2) is 6.58. The summed E-state index contributed by atoms with van der Waals surface area (Å²) < 4.78 is 5.73. The van der Waals surface area contributed by atoms with Gasteiger partial charge in [0.25, 0.3) is 0 Å². The number of ether oxygens (including phenoxy) is 1. The van der Waals surface area contributed by atoms with Gasteiger partial charge in [-0.15, -0.1) is 0 Å². The molecule has 1 atom stereocenters. The van der Waals surface area contributed by atoms with Crippen molar-refractivity contribution in [3.8, 4) is 0 Å². The predicted octanol–water partition coefficient (Wildman–Crippen LogP) is 1.27. The first-order valence-electron chi connectivity index (χ1n) is 7.17. The number of nitrogens with zero attached hydrogens (tertiary/aromatic N) is 5. The fourth-order valence-electron chi connectivity index (χ4n) is 2.60. The predicted molar refractivity (Wildman–Crippen MR) is 79.0 cm³/mol. The van der Waals surface area contributed by atoms with E-state index in [-0.39, 0.29) is 0 Å². The van der Waals surface area contributed by atoms with Crippen LogP contribution in [0.15, 0.2) is 31.0 Å². The summed E-state index contributed by atoms with van der Waals surface area (Å²) in [4.78, 5) is 19.1. The molecule has 1 unspecified atom stereocenters. The summed E-state index contributed by atoms with van der Waals surface area (Å²) in [7, 11) is 0. The van der Waals surface area contributed by atoms with Crippen LogP contribution in [0, 0.1) is 12.8 Å². The van der Waals surface area contributed by atoms with Crippen LogP contribution in [0.4, 0.5) is 5.82 Å². The van der Waals surface area contributed by atoms with E-state index in [2.05, 4.69) is 24.8 Å². The Balaban J connectivity index is 1.70. The van der Waals surface area contributed by atoms with E-state index in [9.17, 15) is 0 Å². The van der Waals surface area contributed by atoms with Crippen LogP contribution >= 0.6 is 0 Å². The van der Waals surface area contributed by atoms with E-state index >= 15 is 0 Å². The van der Waals surface area contributed by atoms with Crippen molar-refractivity contribution in [2.24, 2.45) is 5.92 Å². The van der Waals surface area contributed by atoms with Crippen LogP contribution in [0.3, 0.4) is 0 Å². The van der Waals surface area contributed by atoms with Gasteiger partial charge in [0.1, 0.15) is 18.5 Å². The summed E-state index contributed by atoms with van der Waals surface area (Å²) in [6.45, 7) is 5.24. The molecule has 1 saturated heterocycles. The van der Waals surface area contributed by atoms with Crippen LogP contribution in [-0.4, -0.2) is 46.2 Å². The first-order chi connectivity index (χ1) is 10.3. The average molecular weight is 285 g/mol. The van der Waals surface area contributed by atoms with Crippen LogP contribution in [0.5, 0.6) is 0 Å². The van der Waals surface area contributed by atoms with Gasteiger partial charge in [0, 0.05) is 36.6 Å². The van der Waals surface area contributed by atoms with Crippen molar-refractivity contribution in [2.45, 2.75) is 13.3 Å². The van der Waals surface area contributed by atoms with Gasteiger partial charge >= 0.3 is 0 Å². The third kappa shape index (κ3) is 3.72. The topological polar surface area (TPSA) is 64.0 Å². The van der Waals surface area contributed by atoms with Gasteiger partial charge in [-0.25, -0.2) is 19.9 Å².